The number of halogens is 2. The van der Waals surface area contributed by atoms with Crippen LogP contribution in [0, 0.1) is 17.7 Å². The van der Waals surface area contributed by atoms with E-state index in [1.807, 2.05) is 0 Å². The highest BCUT2D eigenvalue weighted by molar-refractivity contribution is 5.91. The highest BCUT2D eigenvalue weighted by atomic mass is 35.5. The van der Waals surface area contributed by atoms with E-state index in [0.29, 0.717) is 23.8 Å². The molecule has 5 nitrogen and oxygen atoms in total. The Kier molecular flexibility index (Phi) is 8.28. The van der Waals surface area contributed by atoms with Crippen molar-refractivity contribution in [1.82, 2.24) is 5.32 Å². The van der Waals surface area contributed by atoms with Gasteiger partial charge in [0.2, 0.25) is 5.91 Å². The Morgan fingerprint density at radius 2 is 1.88 bits per heavy atom. The zero-order valence-electron chi connectivity index (χ0n) is 14.4. The number of nitrogens with one attached hydrogen (secondary N) is 2. The molecule has 1 unspecified atom stereocenters. The summed E-state index contributed by atoms with van der Waals surface area (Å²) in [4.78, 5) is 12.2. The molecule has 24 heavy (non-hydrogen) atoms. The highest BCUT2D eigenvalue weighted by Crippen LogP contribution is 2.33. The summed E-state index contributed by atoms with van der Waals surface area (Å²) in [6, 6.07) is 2.66. The van der Waals surface area contributed by atoms with E-state index in [0.717, 1.165) is 25.9 Å². The van der Waals surface area contributed by atoms with Gasteiger partial charge in [0.15, 0.2) is 17.3 Å². The van der Waals surface area contributed by atoms with Crippen LogP contribution in [0.4, 0.5) is 10.1 Å². The van der Waals surface area contributed by atoms with Gasteiger partial charge in [0, 0.05) is 18.6 Å². The molecule has 2 rings (SSSR count). The summed E-state index contributed by atoms with van der Waals surface area (Å²) in [5.74, 6) is 0.784. The second-order valence-electron chi connectivity index (χ2n) is 6.00. The fourth-order valence-electron chi connectivity index (χ4n) is 3.02. The first kappa shape index (κ1) is 20.5. The minimum absolute atomic E-state index is 0. The van der Waals surface area contributed by atoms with Crippen LogP contribution in [0.2, 0.25) is 0 Å². The SMILES string of the molecule is COc1cc(F)c(NC(=O)CC(C)C2CCNCC2)cc1OC.Cl. The number of amides is 1. The summed E-state index contributed by atoms with van der Waals surface area (Å²) in [6.07, 6.45) is 2.55. The van der Waals surface area contributed by atoms with Gasteiger partial charge in [0.25, 0.3) is 0 Å². The maximum absolute atomic E-state index is 14.0. The Morgan fingerprint density at radius 1 is 1.29 bits per heavy atom. The molecular weight excluding hydrogens is 335 g/mol. The molecule has 1 aliphatic rings. The first-order valence-corrected chi connectivity index (χ1v) is 7.97. The van der Waals surface area contributed by atoms with Gasteiger partial charge in [-0.2, -0.15) is 0 Å². The third kappa shape index (κ3) is 5.24. The molecule has 1 fully saturated rings. The Bertz CT molecular complexity index is 551. The van der Waals surface area contributed by atoms with E-state index in [4.69, 9.17) is 9.47 Å². The Morgan fingerprint density at radius 3 is 2.46 bits per heavy atom. The molecule has 1 atom stereocenters. The van der Waals surface area contributed by atoms with E-state index >= 15 is 0 Å². The molecule has 2 N–H and O–H groups in total. The number of ether oxygens (including phenoxy) is 2. The predicted octanol–water partition coefficient (Wildman–Crippen LogP) is 3.23. The lowest BCUT2D eigenvalue weighted by atomic mass is 9.84. The van der Waals surface area contributed by atoms with Gasteiger partial charge in [-0.3, -0.25) is 4.79 Å². The van der Waals surface area contributed by atoms with E-state index < -0.39 is 5.82 Å². The number of carbonyl (C=O) groups excluding carboxylic acids is 1. The van der Waals surface area contributed by atoms with Crippen LogP contribution >= 0.6 is 12.4 Å². The summed E-state index contributed by atoms with van der Waals surface area (Å²) in [7, 11) is 2.91. The van der Waals surface area contributed by atoms with Gasteiger partial charge in [-0.15, -0.1) is 12.4 Å². The fraction of sp³-hybridized carbons (Fsp3) is 0.588. The average Bonchev–Trinajstić information content (AvgIpc) is 2.56. The van der Waals surface area contributed by atoms with Crippen molar-refractivity contribution in [2.45, 2.75) is 26.2 Å². The van der Waals surface area contributed by atoms with Gasteiger partial charge >= 0.3 is 0 Å². The number of rotatable bonds is 6. The maximum Gasteiger partial charge on any atom is 0.224 e. The number of hydrogen-bond acceptors (Lipinski definition) is 4. The van der Waals surface area contributed by atoms with Crippen molar-refractivity contribution >= 4 is 24.0 Å². The van der Waals surface area contributed by atoms with Crippen LogP contribution < -0.4 is 20.1 Å². The molecule has 0 aromatic heterocycles. The molecule has 0 saturated carbocycles. The van der Waals surface area contributed by atoms with E-state index in [1.54, 1.807) is 0 Å². The minimum Gasteiger partial charge on any atom is -0.493 e. The van der Waals surface area contributed by atoms with Gasteiger partial charge in [-0.1, -0.05) is 6.92 Å². The smallest absolute Gasteiger partial charge is 0.224 e. The third-order valence-electron chi connectivity index (χ3n) is 4.44. The Labute approximate surface area is 148 Å². The lowest BCUT2D eigenvalue weighted by molar-refractivity contribution is -0.117. The summed E-state index contributed by atoms with van der Waals surface area (Å²) in [5, 5.41) is 5.96. The monoisotopic (exact) mass is 360 g/mol. The number of anilines is 1. The van der Waals surface area contributed by atoms with Crippen LogP contribution in [-0.4, -0.2) is 33.2 Å². The van der Waals surface area contributed by atoms with Crippen molar-refractivity contribution < 1.29 is 18.7 Å². The van der Waals surface area contributed by atoms with Crippen molar-refractivity contribution in [1.29, 1.82) is 0 Å². The summed E-state index contributed by atoms with van der Waals surface area (Å²) in [6.45, 7) is 4.09. The van der Waals surface area contributed by atoms with Crippen molar-refractivity contribution in [3.63, 3.8) is 0 Å². The van der Waals surface area contributed by atoms with Gasteiger partial charge in [-0.05, 0) is 37.8 Å². The molecule has 1 amide bonds. The first-order chi connectivity index (χ1) is 11.0. The molecule has 1 heterocycles. The first-order valence-electron chi connectivity index (χ1n) is 7.97. The van der Waals surface area contributed by atoms with Crippen LogP contribution in [0.25, 0.3) is 0 Å². The quantitative estimate of drug-likeness (QED) is 0.817. The highest BCUT2D eigenvalue weighted by Gasteiger charge is 2.22. The topological polar surface area (TPSA) is 59.6 Å². The van der Waals surface area contributed by atoms with Gasteiger partial charge in [0.1, 0.15) is 0 Å². The van der Waals surface area contributed by atoms with Crippen LogP contribution in [0.5, 0.6) is 11.5 Å². The number of carbonyl (C=O) groups is 1. The number of piperidine rings is 1. The summed E-state index contributed by atoms with van der Waals surface area (Å²) >= 11 is 0. The molecule has 1 aliphatic heterocycles. The largest absolute Gasteiger partial charge is 0.493 e. The Hall–Kier alpha value is -1.53. The summed E-state index contributed by atoms with van der Waals surface area (Å²) in [5.41, 5.74) is 0.116. The van der Waals surface area contributed by atoms with Crippen molar-refractivity contribution in [3.05, 3.63) is 17.9 Å². The molecule has 0 aliphatic carbocycles. The van der Waals surface area contributed by atoms with Gasteiger partial charge in [-0.25, -0.2) is 4.39 Å². The fourth-order valence-corrected chi connectivity index (χ4v) is 3.02. The Balaban J connectivity index is 0.00000288. The molecular formula is C17H26ClFN2O3. The molecule has 136 valence electrons. The van der Waals surface area contributed by atoms with E-state index in [2.05, 4.69) is 17.6 Å². The maximum atomic E-state index is 14.0. The molecule has 1 aromatic carbocycles. The average molecular weight is 361 g/mol. The van der Waals surface area contributed by atoms with E-state index in [-0.39, 0.29) is 29.9 Å². The minimum atomic E-state index is -0.537. The van der Waals surface area contributed by atoms with Gasteiger partial charge in [0.05, 0.1) is 19.9 Å². The zero-order valence-corrected chi connectivity index (χ0v) is 15.2. The zero-order chi connectivity index (χ0) is 16.8. The lowest BCUT2D eigenvalue weighted by Gasteiger charge is -2.27. The molecule has 1 saturated heterocycles. The number of hydrogen-bond donors (Lipinski definition) is 2. The van der Waals surface area contributed by atoms with Crippen LogP contribution in [-0.2, 0) is 4.79 Å². The lowest BCUT2D eigenvalue weighted by Crippen LogP contribution is -2.32. The standard InChI is InChI=1S/C17H25FN2O3.ClH/c1-11(12-4-6-19-7-5-12)8-17(21)20-14-10-16(23-3)15(22-2)9-13(14)18;/h9-12,19H,4-8H2,1-3H3,(H,20,21);1H. The number of methoxy groups -OCH3 is 2. The second kappa shape index (κ2) is 9.69. The summed E-state index contributed by atoms with van der Waals surface area (Å²) < 4.78 is 24.2. The van der Waals surface area contributed by atoms with Gasteiger partial charge < -0.3 is 20.1 Å². The molecule has 0 spiro atoms. The second-order valence-corrected chi connectivity index (χ2v) is 6.00. The molecule has 0 radical (unpaired) electrons. The third-order valence-corrected chi connectivity index (χ3v) is 4.44. The molecule has 7 heteroatoms. The predicted molar refractivity (Wildman–Crippen MR) is 94.8 cm³/mol. The van der Waals surface area contributed by atoms with Crippen LogP contribution in [0.1, 0.15) is 26.2 Å². The van der Waals surface area contributed by atoms with Crippen molar-refractivity contribution in [2.75, 3.05) is 32.6 Å². The van der Waals surface area contributed by atoms with Crippen LogP contribution in [0.3, 0.4) is 0 Å². The number of benzene rings is 1. The normalized spacial score (nSPS) is 16.0. The van der Waals surface area contributed by atoms with E-state index in [1.165, 1.54) is 26.4 Å². The van der Waals surface area contributed by atoms with Crippen molar-refractivity contribution in [3.8, 4) is 11.5 Å². The van der Waals surface area contributed by atoms with Crippen LogP contribution in [0.15, 0.2) is 12.1 Å². The van der Waals surface area contributed by atoms with Crippen molar-refractivity contribution in [2.24, 2.45) is 11.8 Å². The molecule has 0 bridgehead atoms. The molecule has 1 aromatic rings. The van der Waals surface area contributed by atoms with E-state index in [9.17, 15) is 9.18 Å².